The largest absolute Gasteiger partial charge is 0.435 e. The third kappa shape index (κ3) is 5.06. The van der Waals surface area contributed by atoms with Gasteiger partial charge in [-0.25, -0.2) is 4.98 Å². The molecule has 1 heterocycles. The SMILES string of the molecule is CCc1nc(CN(C)Cc2ccc(OC(F)F)cc2)cs1. The number of nitrogens with zero attached hydrogens (tertiary/aromatic N) is 2. The molecule has 1 aromatic carbocycles. The highest BCUT2D eigenvalue weighted by Crippen LogP contribution is 2.17. The van der Waals surface area contributed by atoms with Crippen molar-refractivity contribution in [2.75, 3.05) is 7.05 Å². The van der Waals surface area contributed by atoms with E-state index in [0.717, 1.165) is 35.8 Å². The molecular weight excluding hydrogens is 294 g/mol. The Balaban J connectivity index is 1.88. The van der Waals surface area contributed by atoms with Crippen LogP contribution in [-0.2, 0) is 19.5 Å². The molecular formula is C15H18F2N2OS. The van der Waals surface area contributed by atoms with E-state index in [4.69, 9.17) is 0 Å². The van der Waals surface area contributed by atoms with E-state index in [9.17, 15) is 8.78 Å². The summed E-state index contributed by atoms with van der Waals surface area (Å²) in [6.45, 7) is 0.811. The molecule has 1 aromatic heterocycles. The zero-order valence-corrected chi connectivity index (χ0v) is 12.9. The molecule has 0 radical (unpaired) electrons. The van der Waals surface area contributed by atoms with Gasteiger partial charge in [0.1, 0.15) is 5.75 Å². The van der Waals surface area contributed by atoms with Crippen molar-refractivity contribution in [1.29, 1.82) is 0 Å². The fraction of sp³-hybridized carbons (Fsp3) is 0.400. The molecule has 0 saturated heterocycles. The normalized spacial score (nSPS) is 11.3. The van der Waals surface area contributed by atoms with Crippen molar-refractivity contribution in [3.63, 3.8) is 0 Å². The number of ether oxygens (including phenoxy) is 1. The average Bonchev–Trinajstić information content (AvgIpc) is 2.88. The lowest BCUT2D eigenvalue weighted by Gasteiger charge is -2.15. The average molecular weight is 312 g/mol. The predicted molar refractivity (Wildman–Crippen MR) is 79.7 cm³/mol. The second-order valence-electron chi connectivity index (χ2n) is 4.78. The summed E-state index contributed by atoms with van der Waals surface area (Å²) in [5, 5.41) is 3.22. The zero-order valence-electron chi connectivity index (χ0n) is 12.1. The van der Waals surface area contributed by atoms with E-state index in [1.807, 2.05) is 7.05 Å². The Labute approximate surface area is 127 Å². The Morgan fingerprint density at radius 1 is 1.24 bits per heavy atom. The van der Waals surface area contributed by atoms with Gasteiger partial charge in [0, 0.05) is 18.5 Å². The molecule has 0 aliphatic rings. The maximum atomic E-state index is 12.1. The van der Waals surface area contributed by atoms with Gasteiger partial charge in [-0.05, 0) is 31.2 Å². The fourth-order valence-corrected chi connectivity index (χ4v) is 2.74. The van der Waals surface area contributed by atoms with Gasteiger partial charge in [-0.2, -0.15) is 8.78 Å². The number of hydrogen-bond acceptors (Lipinski definition) is 4. The summed E-state index contributed by atoms with van der Waals surface area (Å²) < 4.78 is 28.5. The Kier molecular flexibility index (Phi) is 5.64. The van der Waals surface area contributed by atoms with Crippen molar-refractivity contribution >= 4 is 11.3 Å². The van der Waals surface area contributed by atoms with Gasteiger partial charge in [0.15, 0.2) is 0 Å². The monoisotopic (exact) mass is 312 g/mol. The first-order chi connectivity index (χ1) is 10.1. The van der Waals surface area contributed by atoms with Crippen molar-refractivity contribution in [3.8, 4) is 5.75 Å². The molecule has 0 aliphatic heterocycles. The lowest BCUT2D eigenvalue weighted by Crippen LogP contribution is -2.17. The second-order valence-corrected chi connectivity index (χ2v) is 5.72. The minimum absolute atomic E-state index is 0.184. The number of hydrogen-bond donors (Lipinski definition) is 0. The maximum Gasteiger partial charge on any atom is 0.387 e. The molecule has 21 heavy (non-hydrogen) atoms. The molecule has 3 nitrogen and oxygen atoms in total. The summed E-state index contributed by atoms with van der Waals surface area (Å²) in [5.74, 6) is 0.184. The predicted octanol–water partition coefficient (Wildman–Crippen LogP) is 3.94. The van der Waals surface area contributed by atoms with Crippen molar-refractivity contribution in [3.05, 3.63) is 45.9 Å². The van der Waals surface area contributed by atoms with Crippen LogP contribution in [0.1, 0.15) is 23.2 Å². The van der Waals surface area contributed by atoms with Gasteiger partial charge in [-0.3, -0.25) is 4.90 Å². The smallest absolute Gasteiger partial charge is 0.387 e. The summed E-state index contributed by atoms with van der Waals surface area (Å²) in [7, 11) is 2.01. The summed E-state index contributed by atoms with van der Waals surface area (Å²) in [6.07, 6.45) is 0.958. The highest BCUT2D eigenvalue weighted by atomic mass is 32.1. The second kappa shape index (κ2) is 7.47. The van der Waals surface area contributed by atoms with Crippen LogP contribution in [-0.4, -0.2) is 23.5 Å². The van der Waals surface area contributed by atoms with Gasteiger partial charge < -0.3 is 4.74 Å². The number of halogens is 2. The van der Waals surface area contributed by atoms with E-state index >= 15 is 0 Å². The first-order valence-electron chi connectivity index (χ1n) is 6.72. The van der Waals surface area contributed by atoms with Crippen molar-refractivity contribution in [1.82, 2.24) is 9.88 Å². The van der Waals surface area contributed by atoms with Gasteiger partial charge in [0.25, 0.3) is 0 Å². The van der Waals surface area contributed by atoms with Crippen LogP contribution >= 0.6 is 11.3 Å². The van der Waals surface area contributed by atoms with Crippen LogP contribution in [0, 0.1) is 0 Å². The molecule has 2 aromatic rings. The molecule has 0 N–H and O–H groups in total. The molecule has 114 valence electrons. The third-order valence-electron chi connectivity index (χ3n) is 2.93. The molecule has 0 saturated carbocycles. The number of alkyl halides is 2. The van der Waals surface area contributed by atoms with Crippen LogP contribution in [0.5, 0.6) is 5.75 Å². The number of aromatic nitrogens is 1. The molecule has 0 atom stereocenters. The summed E-state index contributed by atoms with van der Waals surface area (Å²) in [6, 6.07) is 6.72. The Morgan fingerprint density at radius 2 is 1.95 bits per heavy atom. The Morgan fingerprint density at radius 3 is 2.52 bits per heavy atom. The van der Waals surface area contributed by atoms with E-state index in [1.165, 1.54) is 0 Å². The minimum atomic E-state index is -2.78. The quantitative estimate of drug-likeness (QED) is 0.774. The minimum Gasteiger partial charge on any atom is -0.435 e. The fourth-order valence-electron chi connectivity index (χ4n) is 2.00. The molecule has 0 aliphatic carbocycles. The van der Waals surface area contributed by atoms with Crippen molar-refractivity contribution < 1.29 is 13.5 Å². The van der Waals surface area contributed by atoms with E-state index in [-0.39, 0.29) is 5.75 Å². The number of rotatable bonds is 7. The van der Waals surface area contributed by atoms with E-state index in [1.54, 1.807) is 35.6 Å². The van der Waals surface area contributed by atoms with Gasteiger partial charge >= 0.3 is 6.61 Å². The Bertz CT molecular complexity index is 557. The van der Waals surface area contributed by atoms with Crippen LogP contribution in [0.15, 0.2) is 29.6 Å². The maximum absolute atomic E-state index is 12.1. The standard InChI is InChI=1S/C15H18F2N2OS/c1-3-14-18-12(10-21-14)9-19(2)8-11-4-6-13(7-5-11)20-15(16)17/h4-7,10,15H,3,8-9H2,1-2H3. The molecule has 0 spiro atoms. The van der Waals surface area contributed by atoms with Gasteiger partial charge in [-0.15, -0.1) is 11.3 Å². The van der Waals surface area contributed by atoms with Crippen LogP contribution in [0.4, 0.5) is 8.78 Å². The lowest BCUT2D eigenvalue weighted by molar-refractivity contribution is -0.0498. The first kappa shape index (κ1) is 15.9. The van der Waals surface area contributed by atoms with E-state index in [0.29, 0.717) is 0 Å². The highest BCUT2D eigenvalue weighted by Gasteiger charge is 2.07. The van der Waals surface area contributed by atoms with Crippen LogP contribution in [0.2, 0.25) is 0 Å². The van der Waals surface area contributed by atoms with E-state index in [2.05, 4.69) is 26.9 Å². The topological polar surface area (TPSA) is 25.4 Å². The zero-order chi connectivity index (χ0) is 15.2. The summed E-state index contributed by atoms with van der Waals surface area (Å²) in [4.78, 5) is 6.67. The van der Waals surface area contributed by atoms with Crippen molar-refractivity contribution in [2.24, 2.45) is 0 Å². The third-order valence-corrected chi connectivity index (χ3v) is 3.98. The van der Waals surface area contributed by atoms with Crippen LogP contribution in [0.25, 0.3) is 0 Å². The molecule has 0 bridgehead atoms. The summed E-state index contributed by atoms with van der Waals surface area (Å²) >= 11 is 1.68. The number of aryl methyl sites for hydroxylation is 1. The molecule has 0 unspecified atom stereocenters. The first-order valence-corrected chi connectivity index (χ1v) is 7.60. The molecule has 0 fully saturated rings. The lowest BCUT2D eigenvalue weighted by atomic mass is 10.2. The number of thiazole rings is 1. The van der Waals surface area contributed by atoms with Gasteiger partial charge in [0.2, 0.25) is 0 Å². The molecule has 0 amide bonds. The van der Waals surface area contributed by atoms with Gasteiger partial charge in [-0.1, -0.05) is 19.1 Å². The molecule has 6 heteroatoms. The molecule has 2 rings (SSSR count). The van der Waals surface area contributed by atoms with Crippen LogP contribution in [0.3, 0.4) is 0 Å². The van der Waals surface area contributed by atoms with Gasteiger partial charge in [0.05, 0.1) is 10.7 Å². The van der Waals surface area contributed by atoms with Crippen LogP contribution < -0.4 is 4.74 Å². The number of benzene rings is 1. The Hall–Kier alpha value is -1.53. The van der Waals surface area contributed by atoms with Crippen molar-refractivity contribution in [2.45, 2.75) is 33.0 Å². The summed E-state index contributed by atoms with van der Waals surface area (Å²) in [5.41, 5.74) is 2.11. The highest BCUT2D eigenvalue weighted by molar-refractivity contribution is 7.09. The van der Waals surface area contributed by atoms with E-state index < -0.39 is 6.61 Å².